The second-order valence-corrected chi connectivity index (χ2v) is 6.26. The summed E-state index contributed by atoms with van der Waals surface area (Å²) in [7, 11) is 3.60. The number of halogens is 1. The van der Waals surface area contributed by atoms with E-state index in [4.69, 9.17) is 4.74 Å². The molecule has 0 aliphatic heterocycles. The van der Waals surface area contributed by atoms with Gasteiger partial charge in [-0.15, -0.1) is 0 Å². The Balaban J connectivity index is 1.71. The number of alkyl halides is 1. The van der Waals surface area contributed by atoms with Crippen molar-refractivity contribution in [3.05, 3.63) is 42.6 Å². The Bertz CT molecular complexity index is 966. The number of rotatable bonds is 4. The standard InChI is InChI=1S/C19H18FN3O2/c1-23-15-9-18(22-19(24)13-8-14(13)20)21-10-11(15)7-16(23)12-5-3-4-6-17(12)25-2/h3-7,9-10,13-14H,8H2,1-2H3,(H,21,22,24)/t13-,14+/m1/s1. The summed E-state index contributed by atoms with van der Waals surface area (Å²) < 4.78 is 20.5. The van der Waals surface area contributed by atoms with Crippen LogP contribution in [0.5, 0.6) is 5.75 Å². The number of nitrogens with one attached hydrogen (secondary N) is 1. The monoisotopic (exact) mass is 339 g/mol. The van der Waals surface area contributed by atoms with Gasteiger partial charge in [-0.3, -0.25) is 4.79 Å². The van der Waals surface area contributed by atoms with Gasteiger partial charge < -0.3 is 14.6 Å². The number of fused-ring (bicyclic) bond motifs is 1. The van der Waals surface area contributed by atoms with E-state index in [2.05, 4.69) is 10.3 Å². The van der Waals surface area contributed by atoms with Crippen LogP contribution in [0.2, 0.25) is 0 Å². The van der Waals surface area contributed by atoms with Crippen LogP contribution in [-0.2, 0) is 11.8 Å². The van der Waals surface area contributed by atoms with Crippen molar-refractivity contribution < 1.29 is 13.9 Å². The molecular weight excluding hydrogens is 321 g/mol. The summed E-state index contributed by atoms with van der Waals surface area (Å²) in [5.74, 6) is 0.385. The Morgan fingerprint density at radius 2 is 2.12 bits per heavy atom. The van der Waals surface area contributed by atoms with Gasteiger partial charge in [0.1, 0.15) is 17.7 Å². The highest BCUT2D eigenvalue weighted by Crippen LogP contribution is 2.36. The predicted molar refractivity (Wildman–Crippen MR) is 94.3 cm³/mol. The van der Waals surface area contributed by atoms with Crippen molar-refractivity contribution in [1.82, 2.24) is 9.55 Å². The summed E-state index contributed by atoms with van der Waals surface area (Å²) in [6.07, 6.45) is 0.996. The molecule has 0 unspecified atom stereocenters. The summed E-state index contributed by atoms with van der Waals surface area (Å²) >= 11 is 0. The van der Waals surface area contributed by atoms with Gasteiger partial charge in [-0.05, 0) is 24.6 Å². The van der Waals surface area contributed by atoms with Gasteiger partial charge in [-0.1, -0.05) is 12.1 Å². The molecule has 3 aromatic rings. The zero-order valence-corrected chi connectivity index (χ0v) is 14.0. The number of amides is 1. The first-order valence-corrected chi connectivity index (χ1v) is 8.12. The number of methoxy groups -OCH3 is 1. The van der Waals surface area contributed by atoms with Crippen LogP contribution >= 0.6 is 0 Å². The lowest BCUT2D eigenvalue weighted by molar-refractivity contribution is -0.117. The molecule has 1 aromatic carbocycles. The molecule has 2 atom stereocenters. The molecule has 0 radical (unpaired) electrons. The summed E-state index contributed by atoms with van der Waals surface area (Å²) in [5.41, 5.74) is 2.90. The molecule has 1 aliphatic carbocycles. The summed E-state index contributed by atoms with van der Waals surface area (Å²) in [5, 5.41) is 3.65. The molecular formula is C19H18FN3O2. The van der Waals surface area contributed by atoms with E-state index in [1.807, 2.05) is 48.0 Å². The number of aryl methyl sites for hydroxylation is 1. The first-order chi connectivity index (χ1) is 12.1. The molecule has 0 bridgehead atoms. The molecule has 1 fully saturated rings. The smallest absolute Gasteiger partial charge is 0.231 e. The molecule has 1 N–H and O–H groups in total. The molecule has 1 amide bonds. The maximum atomic E-state index is 13.0. The van der Waals surface area contributed by atoms with Crippen LogP contribution in [0.25, 0.3) is 22.2 Å². The average Bonchev–Trinajstić information content (AvgIpc) is 3.28. The highest BCUT2D eigenvalue weighted by Gasteiger charge is 2.43. The van der Waals surface area contributed by atoms with Crippen LogP contribution in [0.4, 0.5) is 10.2 Å². The zero-order chi connectivity index (χ0) is 17.6. The maximum absolute atomic E-state index is 13.0. The van der Waals surface area contributed by atoms with E-state index < -0.39 is 12.1 Å². The highest BCUT2D eigenvalue weighted by molar-refractivity contribution is 5.96. The van der Waals surface area contributed by atoms with Gasteiger partial charge in [-0.2, -0.15) is 0 Å². The second kappa shape index (κ2) is 5.88. The Hall–Kier alpha value is -2.89. The van der Waals surface area contributed by atoms with Crippen molar-refractivity contribution in [3.63, 3.8) is 0 Å². The SMILES string of the molecule is COc1ccccc1-c1cc2cnc(NC(=O)[C@@H]3C[C@@H]3F)cc2n1C. The minimum atomic E-state index is -1.02. The van der Waals surface area contributed by atoms with Gasteiger partial charge >= 0.3 is 0 Å². The minimum absolute atomic E-state index is 0.302. The Morgan fingerprint density at radius 3 is 2.84 bits per heavy atom. The van der Waals surface area contributed by atoms with Crippen LogP contribution in [0, 0.1) is 5.92 Å². The van der Waals surface area contributed by atoms with E-state index in [1.54, 1.807) is 13.3 Å². The molecule has 6 heteroatoms. The number of para-hydroxylation sites is 1. The third kappa shape index (κ3) is 2.73. The number of aromatic nitrogens is 2. The maximum Gasteiger partial charge on any atom is 0.231 e. The van der Waals surface area contributed by atoms with Crippen molar-refractivity contribution in [2.75, 3.05) is 12.4 Å². The molecule has 0 saturated heterocycles. The number of nitrogens with zero attached hydrogens (tertiary/aromatic N) is 2. The fourth-order valence-corrected chi connectivity index (χ4v) is 3.07. The number of carbonyl (C=O) groups excluding carboxylic acids is 1. The first-order valence-electron chi connectivity index (χ1n) is 8.12. The summed E-state index contributed by atoms with van der Waals surface area (Å²) in [6, 6.07) is 11.6. The van der Waals surface area contributed by atoms with Gasteiger partial charge in [-0.25, -0.2) is 9.37 Å². The molecule has 2 aromatic heterocycles. The van der Waals surface area contributed by atoms with Crippen LogP contribution in [0.3, 0.4) is 0 Å². The number of carbonyl (C=O) groups is 1. The van der Waals surface area contributed by atoms with Crippen LogP contribution in [-0.4, -0.2) is 28.7 Å². The predicted octanol–water partition coefficient (Wildman–Crippen LogP) is 3.55. The number of hydrogen-bond donors (Lipinski definition) is 1. The lowest BCUT2D eigenvalue weighted by atomic mass is 10.1. The quantitative estimate of drug-likeness (QED) is 0.791. The second-order valence-electron chi connectivity index (χ2n) is 6.26. The Kier molecular flexibility index (Phi) is 3.67. The molecule has 25 heavy (non-hydrogen) atoms. The van der Waals surface area contributed by atoms with E-state index in [0.29, 0.717) is 12.2 Å². The highest BCUT2D eigenvalue weighted by atomic mass is 19.1. The van der Waals surface area contributed by atoms with E-state index >= 15 is 0 Å². The lowest BCUT2D eigenvalue weighted by Gasteiger charge is -2.09. The number of hydrogen-bond acceptors (Lipinski definition) is 3. The third-order valence-electron chi connectivity index (χ3n) is 4.61. The van der Waals surface area contributed by atoms with Crippen molar-refractivity contribution >= 4 is 22.6 Å². The van der Waals surface area contributed by atoms with Crippen molar-refractivity contribution in [1.29, 1.82) is 0 Å². The van der Waals surface area contributed by atoms with Gasteiger partial charge in [0.25, 0.3) is 0 Å². The van der Waals surface area contributed by atoms with E-state index in [0.717, 1.165) is 27.9 Å². The Labute approximate surface area is 144 Å². The normalized spacial score (nSPS) is 19.0. The molecule has 1 aliphatic rings. The minimum Gasteiger partial charge on any atom is -0.496 e. The molecule has 5 nitrogen and oxygen atoms in total. The van der Waals surface area contributed by atoms with Gasteiger partial charge in [0, 0.05) is 30.3 Å². The van der Waals surface area contributed by atoms with Crippen LogP contribution in [0.15, 0.2) is 42.6 Å². The van der Waals surface area contributed by atoms with Crippen molar-refractivity contribution in [3.8, 4) is 17.0 Å². The van der Waals surface area contributed by atoms with Crippen LogP contribution < -0.4 is 10.1 Å². The van der Waals surface area contributed by atoms with E-state index in [1.165, 1.54) is 0 Å². The number of ether oxygens (including phenoxy) is 1. The van der Waals surface area contributed by atoms with E-state index in [-0.39, 0.29) is 5.91 Å². The molecule has 0 spiro atoms. The van der Waals surface area contributed by atoms with Crippen LogP contribution in [0.1, 0.15) is 6.42 Å². The number of benzene rings is 1. The molecule has 1 saturated carbocycles. The van der Waals surface area contributed by atoms with Gasteiger partial charge in [0.2, 0.25) is 5.91 Å². The van der Waals surface area contributed by atoms with Gasteiger partial charge in [0.15, 0.2) is 0 Å². The fourth-order valence-electron chi connectivity index (χ4n) is 3.07. The Morgan fingerprint density at radius 1 is 1.36 bits per heavy atom. The van der Waals surface area contributed by atoms with Gasteiger partial charge in [0.05, 0.1) is 24.2 Å². The van der Waals surface area contributed by atoms with E-state index in [9.17, 15) is 9.18 Å². The molecule has 2 heterocycles. The molecule has 4 rings (SSSR count). The largest absolute Gasteiger partial charge is 0.496 e. The summed E-state index contributed by atoms with van der Waals surface area (Å²) in [6.45, 7) is 0. The third-order valence-corrected chi connectivity index (χ3v) is 4.61. The fraction of sp³-hybridized carbons (Fsp3) is 0.263. The van der Waals surface area contributed by atoms with Crippen molar-refractivity contribution in [2.24, 2.45) is 13.0 Å². The number of pyridine rings is 1. The first kappa shape index (κ1) is 15.6. The molecule has 128 valence electrons. The summed E-state index contributed by atoms with van der Waals surface area (Å²) in [4.78, 5) is 16.2. The lowest BCUT2D eigenvalue weighted by Crippen LogP contribution is -2.15. The zero-order valence-electron chi connectivity index (χ0n) is 14.0. The number of anilines is 1. The average molecular weight is 339 g/mol. The topological polar surface area (TPSA) is 56.1 Å². The van der Waals surface area contributed by atoms with Crippen molar-refractivity contribution in [2.45, 2.75) is 12.6 Å².